The number of unbranched alkanes of at least 4 members (excludes halogenated alkanes) is 1. The predicted octanol–water partition coefficient (Wildman–Crippen LogP) is 2.39. The minimum absolute atomic E-state index is 0.0290. The van der Waals surface area contributed by atoms with Crippen molar-refractivity contribution in [3.8, 4) is 0 Å². The van der Waals surface area contributed by atoms with Crippen molar-refractivity contribution in [2.24, 2.45) is 0 Å². The summed E-state index contributed by atoms with van der Waals surface area (Å²) in [5.41, 5.74) is 2.81. The van der Waals surface area contributed by atoms with Crippen LogP contribution in [0.25, 0.3) is 0 Å². The van der Waals surface area contributed by atoms with Crippen LogP contribution in [0.15, 0.2) is 24.3 Å². The summed E-state index contributed by atoms with van der Waals surface area (Å²) in [6.45, 7) is 0. The fourth-order valence-corrected chi connectivity index (χ4v) is 5.94. The lowest BCUT2D eigenvalue weighted by Crippen LogP contribution is -2.38. The fraction of sp³-hybridized carbons (Fsp3) is 0.600. The van der Waals surface area contributed by atoms with Gasteiger partial charge in [0.2, 0.25) is 5.91 Å². The normalized spacial score (nSPS) is 29.5. The van der Waals surface area contributed by atoms with E-state index >= 15 is 0 Å². The molecule has 0 spiro atoms. The number of fused-ring (bicyclic) bond motifs is 2. The Balaban J connectivity index is 1.15. The van der Waals surface area contributed by atoms with Crippen LogP contribution in [0.1, 0.15) is 43.2 Å². The van der Waals surface area contributed by atoms with Gasteiger partial charge in [-0.1, -0.05) is 30.7 Å². The standard InChI is InChI=1S/C20H27N3O2S/c24-18(21-15-10-9-13-5-1-2-6-14(13)11-15)8-4-3-7-17-19-16(12-26-17)22-20(25)23-19/h1-2,5-6,15-17,19H,3-4,7-12H2,(H,21,24)(H2,22,23,25)/t15-,16+,17+,19+/m1/s1. The highest BCUT2D eigenvalue weighted by atomic mass is 32.2. The van der Waals surface area contributed by atoms with Crippen LogP contribution >= 0.6 is 11.8 Å². The molecule has 0 bridgehead atoms. The molecule has 2 saturated heterocycles. The molecule has 3 aliphatic rings. The number of urea groups is 1. The summed E-state index contributed by atoms with van der Waals surface area (Å²) in [4.78, 5) is 23.7. The highest BCUT2D eigenvalue weighted by molar-refractivity contribution is 8.00. The minimum atomic E-state index is -0.0290. The minimum Gasteiger partial charge on any atom is -0.353 e. The van der Waals surface area contributed by atoms with Crippen LogP contribution in [-0.2, 0) is 17.6 Å². The summed E-state index contributed by atoms with van der Waals surface area (Å²) in [5, 5.41) is 9.70. The van der Waals surface area contributed by atoms with Gasteiger partial charge in [0, 0.05) is 23.5 Å². The van der Waals surface area contributed by atoms with Crippen LogP contribution in [0.2, 0.25) is 0 Å². The Morgan fingerprint density at radius 2 is 2.04 bits per heavy atom. The van der Waals surface area contributed by atoms with Gasteiger partial charge in [0.25, 0.3) is 0 Å². The Hall–Kier alpha value is -1.69. The van der Waals surface area contributed by atoms with E-state index in [1.165, 1.54) is 11.1 Å². The van der Waals surface area contributed by atoms with Crippen molar-refractivity contribution in [2.45, 2.75) is 68.3 Å². The second-order valence-electron chi connectivity index (χ2n) is 7.64. The first-order valence-electron chi connectivity index (χ1n) is 9.74. The molecule has 4 atom stereocenters. The number of thioether (sulfide) groups is 1. The molecule has 140 valence electrons. The molecule has 5 nitrogen and oxygen atoms in total. The maximum absolute atomic E-state index is 12.3. The maximum Gasteiger partial charge on any atom is 0.315 e. The van der Waals surface area contributed by atoms with Gasteiger partial charge in [-0.2, -0.15) is 11.8 Å². The lowest BCUT2D eigenvalue weighted by Gasteiger charge is -2.25. The van der Waals surface area contributed by atoms with E-state index in [2.05, 4.69) is 40.2 Å². The third kappa shape index (κ3) is 4.00. The molecule has 6 heteroatoms. The van der Waals surface area contributed by atoms with Crippen LogP contribution in [0.4, 0.5) is 4.79 Å². The van der Waals surface area contributed by atoms with Gasteiger partial charge in [-0.05, 0) is 43.2 Å². The topological polar surface area (TPSA) is 70.2 Å². The number of carbonyl (C=O) groups is 2. The van der Waals surface area contributed by atoms with Crippen molar-refractivity contribution in [2.75, 3.05) is 5.75 Å². The SMILES string of the molecule is O=C(CCCC[C@@H]1SC[C@@H]2NC(=O)N[C@@H]21)N[C@@H]1CCc2ccccc2C1. The van der Waals surface area contributed by atoms with E-state index in [0.717, 1.165) is 44.3 Å². The Morgan fingerprint density at radius 1 is 1.19 bits per heavy atom. The van der Waals surface area contributed by atoms with Gasteiger partial charge in [-0.3, -0.25) is 4.79 Å². The van der Waals surface area contributed by atoms with Crippen LogP contribution in [0, 0.1) is 0 Å². The molecule has 0 saturated carbocycles. The second kappa shape index (κ2) is 7.91. The van der Waals surface area contributed by atoms with E-state index in [4.69, 9.17) is 0 Å². The van der Waals surface area contributed by atoms with E-state index < -0.39 is 0 Å². The Kier molecular flexibility index (Phi) is 5.38. The average Bonchev–Trinajstić information content (AvgIpc) is 3.18. The summed E-state index contributed by atoms with van der Waals surface area (Å²) >= 11 is 1.94. The van der Waals surface area contributed by atoms with E-state index in [-0.39, 0.29) is 30.1 Å². The zero-order valence-corrected chi connectivity index (χ0v) is 15.8. The van der Waals surface area contributed by atoms with E-state index in [1.54, 1.807) is 0 Å². The van der Waals surface area contributed by atoms with Gasteiger partial charge >= 0.3 is 6.03 Å². The molecule has 2 aliphatic heterocycles. The molecule has 0 radical (unpaired) electrons. The molecule has 0 aromatic heterocycles. The number of hydrogen-bond acceptors (Lipinski definition) is 3. The molecule has 3 N–H and O–H groups in total. The first-order chi connectivity index (χ1) is 12.7. The summed E-state index contributed by atoms with van der Waals surface area (Å²) in [5.74, 6) is 1.18. The zero-order chi connectivity index (χ0) is 17.9. The number of amides is 3. The van der Waals surface area contributed by atoms with Gasteiger partial charge in [0.1, 0.15) is 0 Å². The third-order valence-electron chi connectivity index (χ3n) is 5.79. The zero-order valence-electron chi connectivity index (χ0n) is 15.0. The van der Waals surface area contributed by atoms with E-state index in [0.29, 0.717) is 11.7 Å². The molecule has 2 heterocycles. The second-order valence-corrected chi connectivity index (χ2v) is 8.92. The Labute approximate surface area is 159 Å². The van der Waals surface area contributed by atoms with Crippen LogP contribution < -0.4 is 16.0 Å². The summed E-state index contributed by atoms with van der Waals surface area (Å²) in [7, 11) is 0. The molecule has 4 rings (SSSR count). The first kappa shape index (κ1) is 17.7. The van der Waals surface area contributed by atoms with Crippen molar-refractivity contribution in [3.63, 3.8) is 0 Å². The maximum atomic E-state index is 12.3. The smallest absolute Gasteiger partial charge is 0.315 e. The van der Waals surface area contributed by atoms with Gasteiger partial charge in [-0.15, -0.1) is 0 Å². The Bertz CT molecular complexity index is 681. The first-order valence-corrected chi connectivity index (χ1v) is 10.8. The van der Waals surface area contributed by atoms with Gasteiger partial charge in [0.05, 0.1) is 12.1 Å². The van der Waals surface area contributed by atoms with Crippen molar-refractivity contribution >= 4 is 23.7 Å². The number of hydrogen-bond donors (Lipinski definition) is 3. The predicted molar refractivity (Wildman–Crippen MR) is 104 cm³/mol. The van der Waals surface area contributed by atoms with Crippen molar-refractivity contribution < 1.29 is 9.59 Å². The molecule has 1 aliphatic carbocycles. The van der Waals surface area contributed by atoms with Crippen molar-refractivity contribution in [3.05, 3.63) is 35.4 Å². The Morgan fingerprint density at radius 3 is 2.92 bits per heavy atom. The van der Waals surface area contributed by atoms with Crippen molar-refractivity contribution in [1.82, 2.24) is 16.0 Å². The van der Waals surface area contributed by atoms with Gasteiger partial charge in [0.15, 0.2) is 0 Å². The number of aryl methyl sites for hydroxylation is 1. The largest absolute Gasteiger partial charge is 0.353 e. The quantitative estimate of drug-likeness (QED) is 0.530. The monoisotopic (exact) mass is 373 g/mol. The van der Waals surface area contributed by atoms with Crippen molar-refractivity contribution in [1.29, 1.82) is 0 Å². The molecular weight excluding hydrogens is 346 g/mol. The van der Waals surface area contributed by atoms with E-state index in [9.17, 15) is 9.59 Å². The van der Waals surface area contributed by atoms with E-state index in [1.807, 2.05) is 11.8 Å². The van der Waals surface area contributed by atoms with Crippen LogP contribution in [-0.4, -0.2) is 41.1 Å². The molecule has 2 fully saturated rings. The molecular formula is C20H27N3O2S. The number of nitrogens with one attached hydrogen (secondary N) is 3. The molecule has 1 aromatic rings. The van der Waals surface area contributed by atoms with Gasteiger partial charge < -0.3 is 16.0 Å². The summed E-state index contributed by atoms with van der Waals surface area (Å²) in [6, 6.07) is 9.35. The molecule has 3 amide bonds. The van der Waals surface area contributed by atoms with Crippen LogP contribution in [0.3, 0.4) is 0 Å². The molecule has 26 heavy (non-hydrogen) atoms. The lowest BCUT2D eigenvalue weighted by molar-refractivity contribution is -0.122. The number of benzene rings is 1. The molecule has 1 aromatic carbocycles. The summed E-state index contributed by atoms with van der Waals surface area (Å²) in [6.07, 6.45) is 6.69. The summed E-state index contributed by atoms with van der Waals surface area (Å²) < 4.78 is 0. The lowest BCUT2D eigenvalue weighted by atomic mass is 9.88. The molecule has 0 unspecified atom stereocenters. The van der Waals surface area contributed by atoms with Gasteiger partial charge in [-0.25, -0.2) is 4.79 Å². The highest BCUT2D eigenvalue weighted by Gasteiger charge is 2.42. The average molecular weight is 374 g/mol. The van der Waals surface area contributed by atoms with Crippen LogP contribution in [0.5, 0.6) is 0 Å². The third-order valence-corrected chi connectivity index (χ3v) is 7.30. The number of rotatable bonds is 6. The number of carbonyl (C=O) groups excluding carboxylic acids is 2. The highest BCUT2D eigenvalue weighted by Crippen LogP contribution is 2.33. The fourth-order valence-electron chi connectivity index (χ4n) is 4.39.